The fraction of sp³-hybridized carbons (Fsp3) is 0.375. The molecule has 74 valence electrons. The van der Waals surface area contributed by atoms with Crippen molar-refractivity contribution < 1.29 is 9.00 Å². The number of hydrogen-bond donors (Lipinski definition) is 2. The minimum Gasteiger partial charge on any atom is -0.278 e. The highest BCUT2D eigenvalue weighted by atomic mass is 32.2. The first-order valence-corrected chi connectivity index (χ1v) is 6.36. The minimum atomic E-state index is -1.44. The molecule has 2 heterocycles. The van der Waals surface area contributed by atoms with Crippen LogP contribution in [0.3, 0.4) is 0 Å². The summed E-state index contributed by atoms with van der Waals surface area (Å²) in [6.07, 6.45) is 3.16. The van der Waals surface area contributed by atoms with Crippen LogP contribution in [0.15, 0.2) is 0 Å². The van der Waals surface area contributed by atoms with Gasteiger partial charge in [-0.2, -0.15) is 0 Å². The number of thiophene rings is 1. The summed E-state index contributed by atoms with van der Waals surface area (Å²) in [5.41, 5.74) is 1.88. The average molecular weight is 228 g/mol. The molecule has 0 spiro atoms. The van der Waals surface area contributed by atoms with E-state index in [1.54, 1.807) is 11.3 Å². The summed E-state index contributed by atoms with van der Waals surface area (Å²) in [5.74, 6) is -0.198. The van der Waals surface area contributed by atoms with Crippen molar-refractivity contribution in [3.05, 3.63) is 16.0 Å². The van der Waals surface area contributed by atoms with E-state index < -0.39 is 11.2 Å². The zero-order valence-electron chi connectivity index (χ0n) is 7.25. The molecule has 0 saturated carbocycles. The first-order valence-electron chi connectivity index (χ1n) is 4.39. The van der Waals surface area contributed by atoms with Crippen molar-refractivity contribution in [1.29, 1.82) is 0 Å². The maximum atomic E-state index is 11.6. The fourth-order valence-electron chi connectivity index (χ4n) is 1.96. The molecule has 6 heteroatoms. The number of amides is 1. The van der Waals surface area contributed by atoms with Crippen LogP contribution >= 0.6 is 11.3 Å². The molecule has 1 atom stereocenters. The maximum absolute atomic E-state index is 11.6. The van der Waals surface area contributed by atoms with Crippen molar-refractivity contribution in [3.8, 4) is 0 Å². The Morgan fingerprint density at radius 2 is 2.14 bits per heavy atom. The summed E-state index contributed by atoms with van der Waals surface area (Å²) in [5, 5.41) is 0.775. The summed E-state index contributed by atoms with van der Waals surface area (Å²) in [4.78, 5) is 12.9. The summed E-state index contributed by atoms with van der Waals surface area (Å²) < 4.78 is 16.3. The third-order valence-corrected chi connectivity index (χ3v) is 4.62. The van der Waals surface area contributed by atoms with Gasteiger partial charge < -0.3 is 0 Å². The second-order valence-electron chi connectivity index (χ2n) is 3.36. The number of carbonyl (C=O) groups is 1. The molecule has 2 N–H and O–H groups in total. The zero-order valence-corrected chi connectivity index (χ0v) is 8.89. The number of hydrogen-bond acceptors (Lipinski definition) is 3. The van der Waals surface area contributed by atoms with Crippen molar-refractivity contribution in [3.63, 3.8) is 0 Å². The molecule has 4 nitrogen and oxygen atoms in total. The lowest BCUT2D eigenvalue weighted by Gasteiger charge is -2.14. The van der Waals surface area contributed by atoms with E-state index in [1.165, 1.54) is 4.88 Å². The molecule has 2 aliphatic rings. The Morgan fingerprint density at radius 1 is 1.29 bits per heavy atom. The number of rotatable bonds is 0. The van der Waals surface area contributed by atoms with E-state index in [-0.39, 0.29) is 5.91 Å². The molecule has 0 radical (unpaired) electrons. The Labute approximate surface area is 87.4 Å². The highest BCUT2D eigenvalue weighted by molar-refractivity contribution is 7.85. The molecule has 0 unspecified atom stereocenters. The lowest BCUT2D eigenvalue weighted by atomic mass is 10.1. The second kappa shape index (κ2) is 2.80. The van der Waals surface area contributed by atoms with E-state index in [1.807, 2.05) is 0 Å². The van der Waals surface area contributed by atoms with Crippen LogP contribution < -0.4 is 9.44 Å². The molecule has 0 saturated heterocycles. The molecule has 0 aromatic carbocycles. The van der Waals surface area contributed by atoms with Gasteiger partial charge in [0.05, 0.1) is 5.56 Å². The van der Waals surface area contributed by atoms with Crippen LogP contribution in [0.5, 0.6) is 0 Å². The summed E-state index contributed by atoms with van der Waals surface area (Å²) in [6, 6.07) is 0. The highest BCUT2D eigenvalue weighted by Gasteiger charge is 2.30. The molecular formula is C8H8N2O2S2. The second-order valence-corrected chi connectivity index (χ2v) is 5.41. The van der Waals surface area contributed by atoms with Crippen molar-refractivity contribution in [1.82, 2.24) is 4.72 Å². The van der Waals surface area contributed by atoms with E-state index in [0.717, 1.165) is 35.4 Å². The predicted octanol–water partition coefficient (Wildman–Crippen LogP) is 0.971. The Balaban J connectivity index is 2.20. The molecule has 0 fully saturated rings. The van der Waals surface area contributed by atoms with Crippen LogP contribution in [0.25, 0.3) is 0 Å². The van der Waals surface area contributed by atoms with E-state index in [2.05, 4.69) is 9.44 Å². The molecule has 14 heavy (non-hydrogen) atoms. The molecule has 1 aliphatic carbocycles. The largest absolute Gasteiger partial charge is 0.278 e. The van der Waals surface area contributed by atoms with Crippen molar-refractivity contribution in [2.45, 2.75) is 19.3 Å². The van der Waals surface area contributed by atoms with Crippen LogP contribution in [-0.2, 0) is 24.0 Å². The van der Waals surface area contributed by atoms with Crippen molar-refractivity contribution in [2.75, 3.05) is 4.72 Å². The first kappa shape index (κ1) is 8.43. The van der Waals surface area contributed by atoms with Gasteiger partial charge in [-0.25, -0.2) is 4.21 Å². The molecule has 1 aromatic rings. The lowest BCUT2D eigenvalue weighted by Crippen LogP contribution is -2.35. The molecule has 3 rings (SSSR count). The molecule has 0 bridgehead atoms. The van der Waals surface area contributed by atoms with Gasteiger partial charge in [0.25, 0.3) is 5.91 Å². The quantitative estimate of drug-likeness (QED) is 0.695. The molecule has 1 amide bonds. The van der Waals surface area contributed by atoms with Crippen LogP contribution in [0.4, 0.5) is 5.00 Å². The number of aryl methyl sites for hydroxylation is 1. The molecule has 1 aromatic heterocycles. The first-order chi connectivity index (χ1) is 6.75. The summed E-state index contributed by atoms with van der Waals surface area (Å²) >= 11 is 0.123. The van der Waals surface area contributed by atoms with Gasteiger partial charge >= 0.3 is 0 Å². The SMILES string of the molecule is O=C1N[S@](=O)Nc2sc3c(c21)CCC3. The zero-order chi connectivity index (χ0) is 9.71. The van der Waals surface area contributed by atoms with E-state index in [9.17, 15) is 9.00 Å². The summed E-state index contributed by atoms with van der Waals surface area (Å²) in [6.45, 7) is 0. The molecule has 1 aliphatic heterocycles. The van der Waals surface area contributed by atoms with Crippen LogP contribution in [0.2, 0.25) is 0 Å². The fourth-order valence-corrected chi connectivity index (χ4v) is 4.09. The van der Waals surface area contributed by atoms with Gasteiger partial charge in [-0.3, -0.25) is 14.2 Å². The highest BCUT2D eigenvalue weighted by Crippen LogP contribution is 2.40. The van der Waals surface area contributed by atoms with Gasteiger partial charge in [0.1, 0.15) is 5.00 Å². The number of fused-ring (bicyclic) bond motifs is 3. The Hall–Kier alpha value is -0.880. The monoisotopic (exact) mass is 228 g/mol. The summed E-state index contributed by atoms with van der Waals surface area (Å²) in [7, 11) is 0. The average Bonchev–Trinajstić information content (AvgIpc) is 2.60. The smallest absolute Gasteiger partial charge is 0.267 e. The third kappa shape index (κ3) is 1.04. The number of nitrogens with one attached hydrogen (secondary N) is 2. The van der Waals surface area contributed by atoms with Crippen LogP contribution in [0.1, 0.15) is 27.2 Å². The topological polar surface area (TPSA) is 58.2 Å². The van der Waals surface area contributed by atoms with Crippen LogP contribution in [0, 0.1) is 0 Å². The van der Waals surface area contributed by atoms with E-state index in [4.69, 9.17) is 0 Å². The predicted molar refractivity (Wildman–Crippen MR) is 55.6 cm³/mol. The minimum absolute atomic E-state index is 0.198. The number of carbonyl (C=O) groups excluding carboxylic acids is 1. The lowest BCUT2D eigenvalue weighted by molar-refractivity contribution is 0.0982. The van der Waals surface area contributed by atoms with Gasteiger partial charge in [-0.05, 0) is 24.8 Å². The van der Waals surface area contributed by atoms with E-state index >= 15 is 0 Å². The van der Waals surface area contributed by atoms with Gasteiger partial charge in [0.15, 0.2) is 0 Å². The van der Waals surface area contributed by atoms with Gasteiger partial charge in [0.2, 0.25) is 11.2 Å². The van der Waals surface area contributed by atoms with E-state index in [0.29, 0.717) is 0 Å². The molecular weight excluding hydrogens is 220 g/mol. The van der Waals surface area contributed by atoms with Gasteiger partial charge in [-0.15, -0.1) is 11.3 Å². The Kier molecular flexibility index (Phi) is 1.69. The van der Waals surface area contributed by atoms with Gasteiger partial charge in [-0.1, -0.05) is 0 Å². The third-order valence-electron chi connectivity index (χ3n) is 2.52. The van der Waals surface area contributed by atoms with Gasteiger partial charge in [0, 0.05) is 4.88 Å². The maximum Gasteiger partial charge on any atom is 0.267 e. The normalized spacial score (nSPS) is 23.7. The van der Waals surface area contributed by atoms with Crippen molar-refractivity contribution >= 4 is 33.4 Å². The standard InChI is InChI=1S/C8H8N2O2S2/c11-7-6-4-2-1-3-5(4)13-8(6)10-14(12)9-7/h10H,1-3H2,(H,9,11)/t14-/m0/s1. The Morgan fingerprint density at radius 3 is 3.00 bits per heavy atom. The van der Waals surface area contributed by atoms with Crippen molar-refractivity contribution in [2.24, 2.45) is 0 Å². The van der Waals surface area contributed by atoms with Crippen LogP contribution in [-0.4, -0.2) is 10.1 Å². The Bertz CT molecular complexity index is 452. The number of anilines is 1.